The molecule has 0 radical (unpaired) electrons. The lowest BCUT2D eigenvalue weighted by atomic mass is 10.0. The van der Waals surface area contributed by atoms with Crippen molar-refractivity contribution in [2.45, 2.75) is 24.6 Å². The second kappa shape index (κ2) is 10.4. The first-order valence-corrected chi connectivity index (χ1v) is 13.0. The number of aliphatic hydroxyl groups is 1. The number of thiazole rings is 1. The number of oxime groups is 1. The Morgan fingerprint density at radius 3 is 2.89 bits per heavy atom. The number of nitrogens with zero attached hydrogens (tertiary/aromatic N) is 5. The van der Waals surface area contributed by atoms with Crippen LogP contribution in [0.4, 0.5) is 9.52 Å². The quantitative estimate of drug-likeness (QED) is 0.120. The molecule has 2 aliphatic heterocycles. The Morgan fingerprint density at radius 2 is 2.21 bits per heavy atom. The van der Waals surface area contributed by atoms with Gasteiger partial charge in [-0.15, -0.1) is 23.1 Å². The van der Waals surface area contributed by atoms with Crippen molar-refractivity contribution in [1.29, 1.82) is 0 Å². The molecule has 5 N–H and O–H groups in total. The minimum atomic E-state index is -1.28. The number of nitrogens with one attached hydrogen (secondary N) is 1. The van der Waals surface area contributed by atoms with Crippen LogP contribution < -0.4 is 15.6 Å². The molecule has 5 rings (SSSR count). The van der Waals surface area contributed by atoms with E-state index in [0.717, 1.165) is 27.3 Å². The van der Waals surface area contributed by atoms with E-state index in [4.69, 9.17) is 5.73 Å². The molecule has 0 saturated carbocycles. The molecule has 13 nitrogen and oxygen atoms in total. The highest BCUT2D eigenvalue weighted by Crippen LogP contribution is 2.40. The van der Waals surface area contributed by atoms with E-state index in [9.17, 15) is 29.0 Å². The predicted octanol–water partition coefficient (Wildman–Crippen LogP) is -0.156. The number of nitrogens with two attached hydrogens (primary N) is 1. The predicted molar refractivity (Wildman–Crippen MR) is 133 cm³/mol. The Balaban J connectivity index is 1.36. The van der Waals surface area contributed by atoms with Gasteiger partial charge in [0.2, 0.25) is 0 Å². The maximum Gasteiger partial charge on any atom is 0.352 e. The summed E-state index contributed by atoms with van der Waals surface area (Å²) in [5.74, 6) is -2.42. The number of hydrogen-bond acceptors (Lipinski definition) is 10. The summed E-state index contributed by atoms with van der Waals surface area (Å²) in [5.41, 5.74) is 7.16. The van der Waals surface area contributed by atoms with Gasteiger partial charge in [-0.2, -0.15) is 4.57 Å². The number of halogens is 1. The Bertz CT molecular complexity index is 1500. The average Bonchev–Trinajstić information content (AvgIpc) is 3.52. The number of carboxylic acids is 1. The van der Waals surface area contributed by atoms with E-state index in [2.05, 4.69) is 20.3 Å². The number of rotatable bonds is 9. The molecule has 2 aliphatic rings. The summed E-state index contributed by atoms with van der Waals surface area (Å²) in [7, 11) is 0. The van der Waals surface area contributed by atoms with Gasteiger partial charge >= 0.3 is 5.97 Å². The number of thioether (sulfide) groups is 1. The van der Waals surface area contributed by atoms with Crippen molar-refractivity contribution in [2.75, 3.05) is 18.3 Å². The summed E-state index contributed by atoms with van der Waals surface area (Å²) in [6.45, 7) is -1.21. The largest absolute Gasteiger partial charge is 0.477 e. The summed E-state index contributed by atoms with van der Waals surface area (Å²) in [6, 6.07) is 0.755. The van der Waals surface area contributed by atoms with E-state index < -0.39 is 36.1 Å². The number of carbonyl (C=O) groups is 3. The van der Waals surface area contributed by atoms with Crippen molar-refractivity contribution in [3.63, 3.8) is 0 Å². The topological polar surface area (TPSA) is 176 Å². The van der Waals surface area contributed by atoms with Crippen LogP contribution in [0.1, 0.15) is 11.3 Å². The van der Waals surface area contributed by atoms with Crippen LogP contribution in [-0.4, -0.2) is 72.0 Å². The van der Waals surface area contributed by atoms with Gasteiger partial charge in [-0.25, -0.2) is 14.2 Å². The molecule has 0 unspecified atom stereocenters. The molecule has 38 heavy (non-hydrogen) atoms. The third-order valence-corrected chi connectivity index (χ3v) is 8.03. The SMILES string of the molecule is Nc1nc(/C(=N/OCF)C(=O)N[C@@H]2C(=O)N3C(C(=O)O)=C(C[n+]4ccn5ccc(CO)c5c4)CS[C@@H]23)cs1. The summed E-state index contributed by atoms with van der Waals surface area (Å²) in [6.07, 6.45) is 7.16. The highest BCUT2D eigenvalue weighted by Gasteiger charge is 2.54. The van der Waals surface area contributed by atoms with Crippen LogP contribution in [-0.2, 0) is 32.4 Å². The minimum Gasteiger partial charge on any atom is -0.477 e. The van der Waals surface area contributed by atoms with Gasteiger partial charge in [0.15, 0.2) is 29.8 Å². The van der Waals surface area contributed by atoms with Gasteiger partial charge < -0.3 is 30.5 Å². The van der Waals surface area contributed by atoms with Gasteiger partial charge in [-0.1, -0.05) is 5.16 Å². The van der Waals surface area contributed by atoms with Crippen LogP contribution in [0.3, 0.4) is 0 Å². The van der Waals surface area contributed by atoms with Crippen molar-refractivity contribution in [3.05, 3.63) is 58.8 Å². The standard InChI is InChI=1S/C22H20FN7O6S2/c23-10-36-27-15(13-9-38-22(24)25-13)18(32)26-16-19(33)30-17(21(34)35)12(8-37-20(16)30)5-28-3-4-29-2-1-11(7-31)14(29)6-28/h1-4,6,9,16,20,31H,5,7-8,10H2,(H3-,24,25,26,32,34,35)/p+1/b27-15-/t16-,20+/m1/s1. The number of β-lactam (4-membered cyclic amide) rings is 1. The third kappa shape index (κ3) is 4.57. The second-order valence-corrected chi connectivity index (χ2v) is 10.3. The van der Waals surface area contributed by atoms with Gasteiger partial charge in [0.05, 0.1) is 12.8 Å². The fourth-order valence-electron chi connectivity index (χ4n) is 4.30. The maximum absolute atomic E-state index is 13.0. The molecule has 3 aromatic heterocycles. The Hall–Kier alpha value is -4.02. The lowest BCUT2D eigenvalue weighted by molar-refractivity contribution is -0.688. The van der Waals surface area contributed by atoms with E-state index in [1.807, 2.05) is 10.6 Å². The number of carboxylic acid groups (broad SMARTS) is 1. The van der Waals surface area contributed by atoms with Gasteiger partial charge in [-0.3, -0.25) is 14.5 Å². The van der Waals surface area contributed by atoms with Crippen molar-refractivity contribution in [2.24, 2.45) is 5.16 Å². The molecule has 3 aromatic rings. The molecule has 2 amide bonds. The lowest BCUT2D eigenvalue weighted by Gasteiger charge is -2.49. The molecule has 2 atom stereocenters. The summed E-state index contributed by atoms with van der Waals surface area (Å²) in [4.78, 5) is 47.6. The number of alkyl halides is 1. The first-order valence-electron chi connectivity index (χ1n) is 11.1. The fraction of sp³-hybridized carbons (Fsp3) is 0.273. The number of amides is 2. The lowest BCUT2D eigenvalue weighted by Crippen LogP contribution is -2.71. The van der Waals surface area contributed by atoms with E-state index in [0.29, 0.717) is 11.3 Å². The van der Waals surface area contributed by atoms with Gasteiger partial charge in [0, 0.05) is 28.5 Å². The molecule has 16 heteroatoms. The highest BCUT2D eigenvalue weighted by molar-refractivity contribution is 8.00. The van der Waals surface area contributed by atoms with Gasteiger partial charge in [0.1, 0.15) is 28.3 Å². The molecule has 0 aliphatic carbocycles. The first-order chi connectivity index (χ1) is 18.3. The zero-order valence-corrected chi connectivity index (χ0v) is 21.1. The Kier molecular flexibility index (Phi) is 7.00. The number of aliphatic hydroxyl groups excluding tert-OH is 1. The fourth-order valence-corrected chi connectivity index (χ4v) is 6.18. The molecule has 198 valence electrons. The molecule has 1 saturated heterocycles. The minimum absolute atomic E-state index is 0.0492. The number of fused-ring (bicyclic) bond motifs is 2. The number of hydrogen-bond donors (Lipinski definition) is 4. The van der Waals surface area contributed by atoms with Crippen molar-refractivity contribution in [3.8, 4) is 0 Å². The van der Waals surface area contributed by atoms with Crippen molar-refractivity contribution in [1.82, 2.24) is 19.6 Å². The van der Waals surface area contributed by atoms with E-state index in [-0.39, 0.29) is 35.4 Å². The Labute approximate surface area is 222 Å². The molecule has 0 spiro atoms. The van der Waals surface area contributed by atoms with Crippen molar-refractivity contribution >= 4 is 57.2 Å². The van der Waals surface area contributed by atoms with Gasteiger partial charge in [0.25, 0.3) is 18.7 Å². The zero-order valence-electron chi connectivity index (χ0n) is 19.5. The molecular formula is C22H21FN7O6S2+. The Morgan fingerprint density at radius 1 is 1.39 bits per heavy atom. The number of anilines is 1. The van der Waals surface area contributed by atoms with Crippen LogP contribution in [0.25, 0.3) is 5.52 Å². The summed E-state index contributed by atoms with van der Waals surface area (Å²) in [5, 5.41) is 26.4. The third-order valence-electron chi connectivity index (χ3n) is 6.01. The number of aliphatic carboxylic acids is 1. The number of carbonyl (C=O) groups excluding carboxylic acids is 2. The van der Waals surface area contributed by atoms with Crippen LogP contribution in [0.2, 0.25) is 0 Å². The van der Waals surface area contributed by atoms with E-state index in [1.165, 1.54) is 17.1 Å². The molecule has 0 bridgehead atoms. The van der Waals surface area contributed by atoms with Crippen molar-refractivity contribution < 1.29 is 38.4 Å². The van der Waals surface area contributed by atoms with E-state index >= 15 is 0 Å². The van der Waals surface area contributed by atoms with Crippen LogP contribution in [0.15, 0.2) is 52.7 Å². The number of aromatic nitrogens is 3. The van der Waals surface area contributed by atoms with Crippen LogP contribution in [0, 0.1) is 0 Å². The molecule has 5 heterocycles. The normalized spacial score (nSPS) is 19.4. The monoisotopic (exact) mass is 562 g/mol. The second-order valence-electron chi connectivity index (χ2n) is 8.26. The highest BCUT2D eigenvalue weighted by atomic mass is 32.2. The van der Waals surface area contributed by atoms with Crippen LogP contribution >= 0.6 is 23.1 Å². The molecule has 1 fully saturated rings. The van der Waals surface area contributed by atoms with Gasteiger partial charge in [-0.05, 0) is 6.07 Å². The van der Waals surface area contributed by atoms with Crippen LogP contribution in [0.5, 0.6) is 0 Å². The van der Waals surface area contributed by atoms with E-state index in [1.54, 1.807) is 29.2 Å². The first kappa shape index (κ1) is 25.6. The zero-order chi connectivity index (χ0) is 27.0. The molecular weight excluding hydrogens is 541 g/mol. The summed E-state index contributed by atoms with van der Waals surface area (Å²) < 4.78 is 16.1. The molecule has 0 aromatic carbocycles. The summed E-state index contributed by atoms with van der Waals surface area (Å²) >= 11 is 2.34. The number of nitrogen functional groups attached to an aromatic ring is 1. The average molecular weight is 563 g/mol. The smallest absolute Gasteiger partial charge is 0.352 e. The maximum atomic E-state index is 13.0.